The van der Waals surface area contributed by atoms with E-state index in [0.29, 0.717) is 24.3 Å². The van der Waals surface area contributed by atoms with Gasteiger partial charge < -0.3 is 11.1 Å². The van der Waals surface area contributed by atoms with Crippen molar-refractivity contribution in [2.24, 2.45) is 5.73 Å². The number of nitro groups is 1. The lowest BCUT2D eigenvalue weighted by Gasteiger charge is -2.09. The molecule has 2 aromatic rings. The largest absolute Gasteiger partial charge is 0.379 e. The molecule has 0 spiro atoms. The Kier molecular flexibility index (Phi) is 4.28. The van der Waals surface area contributed by atoms with Gasteiger partial charge in [0.15, 0.2) is 0 Å². The summed E-state index contributed by atoms with van der Waals surface area (Å²) in [6, 6.07) is 5.47. The van der Waals surface area contributed by atoms with Crippen LogP contribution < -0.4 is 11.1 Å². The Hall–Kier alpha value is -1.73. The number of halogens is 1. The second kappa shape index (κ2) is 5.94. The number of rotatable bonds is 5. The molecular formula is C12H13BrN4O2. The second-order valence-electron chi connectivity index (χ2n) is 4.01. The third-order valence-corrected chi connectivity index (χ3v) is 3.18. The van der Waals surface area contributed by atoms with E-state index in [0.717, 1.165) is 16.3 Å². The first kappa shape index (κ1) is 13.7. The van der Waals surface area contributed by atoms with E-state index in [1.807, 2.05) is 18.2 Å². The van der Waals surface area contributed by atoms with Gasteiger partial charge in [-0.15, -0.1) is 0 Å². The van der Waals surface area contributed by atoms with Gasteiger partial charge >= 0.3 is 5.69 Å². The van der Waals surface area contributed by atoms with Crippen LogP contribution in [0.5, 0.6) is 0 Å². The summed E-state index contributed by atoms with van der Waals surface area (Å²) in [7, 11) is 0. The van der Waals surface area contributed by atoms with Crippen LogP contribution in [-0.4, -0.2) is 23.0 Å². The number of nitrogens with two attached hydrogens (primary N) is 1. The number of anilines is 1. The first-order valence-corrected chi connectivity index (χ1v) is 6.59. The van der Waals surface area contributed by atoms with Crippen LogP contribution in [0.1, 0.15) is 6.42 Å². The van der Waals surface area contributed by atoms with Crippen molar-refractivity contribution in [1.82, 2.24) is 4.98 Å². The van der Waals surface area contributed by atoms with Crippen LogP contribution in [0, 0.1) is 10.1 Å². The van der Waals surface area contributed by atoms with Crippen molar-refractivity contribution in [2.45, 2.75) is 6.42 Å². The van der Waals surface area contributed by atoms with E-state index in [4.69, 9.17) is 5.73 Å². The van der Waals surface area contributed by atoms with E-state index in [-0.39, 0.29) is 5.69 Å². The van der Waals surface area contributed by atoms with E-state index >= 15 is 0 Å². The summed E-state index contributed by atoms with van der Waals surface area (Å²) in [6.45, 7) is 1.13. The minimum absolute atomic E-state index is 0.0214. The van der Waals surface area contributed by atoms with Crippen molar-refractivity contribution in [2.75, 3.05) is 18.4 Å². The van der Waals surface area contributed by atoms with E-state index < -0.39 is 4.92 Å². The summed E-state index contributed by atoms with van der Waals surface area (Å²) in [5, 5.41) is 14.9. The van der Waals surface area contributed by atoms with Gasteiger partial charge in [-0.3, -0.25) is 10.1 Å². The lowest BCUT2D eigenvalue weighted by Crippen LogP contribution is -2.10. The molecule has 0 amide bonds. The van der Waals surface area contributed by atoms with Crippen molar-refractivity contribution < 1.29 is 4.92 Å². The molecule has 0 saturated carbocycles. The minimum atomic E-state index is -0.431. The zero-order chi connectivity index (χ0) is 13.8. The molecule has 0 saturated heterocycles. The summed E-state index contributed by atoms with van der Waals surface area (Å²) in [5.41, 5.74) is 6.61. The maximum Gasteiger partial charge on any atom is 0.311 e. The number of nitrogens with zero attached hydrogens (tertiary/aromatic N) is 2. The molecule has 0 bridgehead atoms. The molecule has 0 unspecified atom stereocenters. The molecule has 3 N–H and O–H groups in total. The Balaban J connectivity index is 2.52. The lowest BCUT2D eigenvalue weighted by molar-refractivity contribution is -0.384. The summed E-state index contributed by atoms with van der Waals surface area (Å²) in [6.07, 6.45) is 2.02. The molecular weight excluding hydrogens is 312 g/mol. The monoisotopic (exact) mass is 324 g/mol. The predicted octanol–water partition coefficient (Wildman–Crippen LogP) is 2.67. The van der Waals surface area contributed by atoms with E-state index in [1.165, 1.54) is 6.20 Å². The van der Waals surface area contributed by atoms with Crippen LogP contribution in [0.25, 0.3) is 10.9 Å². The van der Waals surface area contributed by atoms with Gasteiger partial charge in [0.05, 0.1) is 10.4 Å². The molecule has 0 aliphatic heterocycles. The maximum absolute atomic E-state index is 11.1. The Morgan fingerprint density at radius 3 is 2.95 bits per heavy atom. The van der Waals surface area contributed by atoms with Crippen molar-refractivity contribution in [3.8, 4) is 0 Å². The van der Waals surface area contributed by atoms with Gasteiger partial charge in [0.2, 0.25) is 0 Å². The molecule has 6 nitrogen and oxygen atoms in total. The minimum Gasteiger partial charge on any atom is -0.379 e. The van der Waals surface area contributed by atoms with Crippen molar-refractivity contribution in [1.29, 1.82) is 0 Å². The van der Waals surface area contributed by atoms with Crippen LogP contribution in [0.15, 0.2) is 28.9 Å². The van der Waals surface area contributed by atoms with Gasteiger partial charge in [0, 0.05) is 16.4 Å². The Bertz CT molecular complexity index is 618. The Morgan fingerprint density at radius 1 is 1.47 bits per heavy atom. The molecule has 0 fully saturated rings. The van der Waals surface area contributed by atoms with Crippen LogP contribution in [0.3, 0.4) is 0 Å². The number of hydrogen-bond acceptors (Lipinski definition) is 5. The number of benzene rings is 1. The van der Waals surface area contributed by atoms with E-state index in [2.05, 4.69) is 26.2 Å². The number of pyridine rings is 1. The topological polar surface area (TPSA) is 94.1 Å². The molecule has 0 aliphatic carbocycles. The zero-order valence-electron chi connectivity index (χ0n) is 10.1. The molecule has 19 heavy (non-hydrogen) atoms. The van der Waals surface area contributed by atoms with Crippen molar-refractivity contribution >= 4 is 38.2 Å². The van der Waals surface area contributed by atoms with Crippen LogP contribution >= 0.6 is 15.9 Å². The fourth-order valence-electron chi connectivity index (χ4n) is 1.80. The molecule has 1 heterocycles. The molecule has 1 aromatic carbocycles. The smallest absolute Gasteiger partial charge is 0.311 e. The third kappa shape index (κ3) is 2.99. The van der Waals surface area contributed by atoms with Crippen LogP contribution in [0.2, 0.25) is 0 Å². The fraction of sp³-hybridized carbons (Fsp3) is 0.250. The van der Waals surface area contributed by atoms with E-state index in [1.54, 1.807) is 0 Å². The highest BCUT2D eigenvalue weighted by atomic mass is 79.9. The average molecular weight is 325 g/mol. The number of fused-ring (bicyclic) bond motifs is 1. The highest BCUT2D eigenvalue weighted by molar-refractivity contribution is 9.10. The standard InChI is InChI=1S/C12H13BrN4O2/c13-8-2-3-9-10(6-8)16-7-11(17(18)19)12(9)15-5-1-4-14/h2-3,6-7H,1,4-5,14H2,(H,15,16). The van der Waals surface area contributed by atoms with Crippen LogP contribution in [0.4, 0.5) is 11.4 Å². The number of hydrogen-bond donors (Lipinski definition) is 2. The lowest BCUT2D eigenvalue weighted by atomic mass is 10.1. The maximum atomic E-state index is 11.1. The molecule has 0 atom stereocenters. The molecule has 7 heteroatoms. The summed E-state index contributed by atoms with van der Waals surface area (Å²) in [4.78, 5) is 14.7. The van der Waals surface area contributed by atoms with Gasteiger partial charge in [0.1, 0.15) is 11.9 Å². The third-order valence-electron chi connectivity index (χ3n) is 2.69. The first-order chi connectivity index (χ1) is 9.13. The summed E-state index contributed by atoms with van der Waals surface area (Å²) < 4.78 is 0.884. The van der Waals surface area contributed by atoms with Gasteiger partial charge in [-0.25, -0.2) is 4.98 Å². The van der Waals surface area contributed by atoms with Gasteiger partial charge in [0.25, 0.3) is 0 Å². The molecule has 100 valence electrons. The first-order valence-electron chi connectivity index (χ1n) is 5.80. The zero-order valence-corrected chi connectivity index (χ0v) is 11.7. The number of aromatic nitrogens is 1. The molecule has 0 radical (unpaired) electrons. The van der Waals surface area contributed by atoms with Crippen molar-refractivity contribution in [3.63, 3.8) is 0 Å². The second-order valence-corrected chi connectivity index (χ2v) is 4.92. The molecule has 0 aliphatic rings. The highest BCUT2D eigenvalue weighted by Crippen LogP contribution is 2.32. The van der Waals surface area contributed by atoms with Gasteiger partial charge in [-0.2, -0.15) is 0 Å². The summed E-state index contributed by atoms with van der Waals surface area (Å²) >= 11 is 3.36. The Labute approximate surface area is 118 Å². The number of nitrogens with one attached hydrogen (secondary N) is 1. The van der Waals surface area contributed by atoms with E-state index in [9.17, 15) is 10.1 Å². The molecule has 2 rings (SSSR count). The van der Waals surface area contributed by atoms with Gasteiger partial charge in [-0.05, 0) is 31.2 Å². The average Bonchev–Trinajstić information content (AvgIpc) is 2.38. The predicted molar refractivity (Wildman–Crippen MR) is 78.3 cm³/mol. The fourth-order valence-corrected chi connectivity index (χ4v) is 2.14. The normalized spacial score (nSPS) is 10.6. The molecule has 1 aromatic heterocycles. The highest BCUT2D eigenvalue weighted by Gasteiger charge is 2.17. The Morgan fingerprint density at radius 2 is 2.26 bits per heavy atom. The quantitative estimate of drug-likeness (QED) is 0.501. The van der Waals surface area contributed by atoms with Crippen LogP contribution in [-0.2, 0) is 0 Å². The van der Waals surface area contributed by atoms with Crippen molar-refractivity contribution in [3.05, 3.63) is 39.0 Å². The SMILES string of the molecule is NCCCNc1c([N+](=O)[O-])cnc2cc(Br)ccc12. The van der Waals surface area contributed by atoms with Gasteiger partial charge in [-0.1, -0.05) is 15.9 Å². The summed E-state index contributed by atoms with van der Waals surface area (Å²) in [5.74, 6) is 0.